The highest BCUT2D eigenvalue weighted by Gasteiger charge is 2.17. The number of nitrogens with one attached hydrogen (secondary N) is 2. The summed E-state index contributed by atoms with van der Waals surface area (Å²) in [7, 11) is 0. The van der Waals surface area contributed by atoms with Gasteiger partial charge in [-0.1, -0.05) is 24.3 Å². The van der Waals surface area contributed by atoms with E-state index in [4.69, 9.17) is 0 Å². The Hall–Kier alpha value is -4.37. The molecule has 0 spiro atoms. The second kappa shape index (κ2) is 9.47. The maximum absolute atomic E-state index is 13.5. The number of nitrogens with zero attached hydrogens (tertiary/aromatic N) is 3. The number of fused-ring (bicyclic) bond motifs is 1. The minimum absolute atomic E-state index is 0.0140. The first-order chi connectivity index (χ1) is 17.0. The Labute approximate surface area is 199 Å². The van der Waals surface area contributed by atoms with E-state index in [0.717, 1.165) is 34.7 Å². The maximum Gasteiger partial charge on any atom is 0.263 e. The molecule has 0 bridgehead atoms. The molecule has 2 aromatic carbocycles. The number of halogens is 2. The molecule has 0 saturated carbocycles. The van der Waals surface area contributed by atoms with Crippen LogP contribution in [0.1, 0.15) is 27.0 Å². The zero-order valence-corrected chi connectivity index (χ0v) is 18.5. The molecule has 7 nitrogen and oxygen atoms in total. The molecule has 35 heavy (non-hydrogen) atoms. The molecule has 3 aromatic rings. The number of hydrazine groups is 1. The van der Waals surface area contributed by atoms with Crippen molar-refractivity contribution >= 4 is 17.3 Å². The molecule has 0 saturated heterocycles. The highest BCUT2D eigenvalue weighted by Crippen LogP contribution is 2.22. The number of hydrogen-bond donors (Lipinski definition) is 2. The van der Waals surface area contributed by atoms with Gasteiger partial charge in [-0.3, -0.25) is 14.6 Å². The van der Waals surface area contributed by atoms with Gasteiger partial charge < -0.3 is 9.88 Å². The van der Waals surface area contributed by atoms with E-state index in [9.17, 15) is 18.4 Å². The zero-order chi connectivity index (χ0) is 24.4. The third-order valence-electron chi connectivity index (χ3n) is 5.72. The van der Waals surface area contributed by atoms with Gasteiger partial charge in [0.1, 0.15) is 18.1 Å². The summed E-state index contributed by atoms with van der Waals surface area (Å²) in [6.07, 6.45) is 7.38. The fourth-order valence-electron chi connectivity index (χ4n) is 3.92. The topological polar surface area (TPSA) is 78.7 Å². The highest BCUT2D eigenvalue weighted by atomic mass is 19.2. The van der Waals surface area contributed by atoms with Crippen LogP contribution in [0, 0.1) is 11.6 Å². The van der Waals surface area contributed by atoms with Crippen molar-refractivity contribution < 1.29 is 13.6 Å². The number of rotatable bonds is 6. The number of benzene rings is 2. The first-order valence-electron chi connectivity index (χ1n) is 11.0. The molecule has 2 N–H and O–H groups in total. The summed E-state index contributed by atoms with van der Waals surface area (Å²) in [6, 6.07) is 14.2. The van der Waals surface area contributed by atoms with Crippen LogP contribution in [-0.2, 0) is 13.1 Å². The van der Waals surface area contributed by atoms with Crippen molar-refractivity contribution in [3.63, 3.8) is 0 Å². The number of amides is 1. The number of aromatic nitrogens is 1. The van der Waals surface area contributed by atoms with Crippen LogP contribution < -0.4 is 16.3 Å². The molecule has 2 aliphatic heterocycles. The van der Waals surface area contributed by atoms with Crippen LogP contribution in [0.5, 0.6) is 0 Å². The summed E-state index contributed by atoms with van der Waals surface area (Å²) in [4.78, 5) is 29.9. The molecule has 0 atom stereocenters. The first-order valence-corrected chi connectivity index (χ1v) is 11.0. The van der Waals surface area contributed by atoms with Crippen LogP contribution >= 0.6 is 0 Å². The molecular formula is C26H21F2N5O2. The van der Waals surface area contributed by atoms with Crippen LogP contribution in [0.25, 0.3) is 5.57 Å². The fraction of sp³-hybridized carbons (Fsp3) is 0.115. The molecule has 0 unspecified atom stereocenters. The van der Waals surface area contributed by atoms with Gasteiger partial charge >= 0.3 is 0 Å². The number of carbonyl (C=O) groups is 1. The molecule has 0 fully saturated rings. The van der Waals surface area contributed by atoms with E-state index >= 15 is 0 Å². The van der Waals surface area contributed by atoms with E-state index in [1.807, 2.05) is 47.6 Å². The summed E-state index contributed by atoms with van der Waals surface area (Å²) < 4.78 is 28.0. The monoisotopic (exact) mass is 473 g/mol. The smallest absolute Gasteiger partial charge is 0.263 e. The van der Waals surface area contributed by atoms with Crippen molar-refractivity contribution in [3.8, 4) is 0 Å². The van der Waals surface area contributed by atoms with Crippen molar-refractivity contribution in [1.29, 1.82) is 0 Å². The van der Waals surface area contributed by atoms with Gasteiger partial charge in [0.25, 0.3) is 11.5 Å². The standard InChI is InChI=1S/C26H21F2N5O2/c27-22-8-6-18(12-23(22)28)14-32-10-2-5-21(26(32)35)25(34)29-13-17-3-1-4-19(11-17)20-7-9-24-30-16-31-33(24)15-20/h1-12,15,31H,13-14,16H2,(H,29,34). The van der Waals surface area contributed by atoms with Gasteiger partial charge in [0, 0.05) is 18.9 Å². The summed E-state index contributed by atoms with van der Waals surface area (Å²) in [5, 5.41) is 4.66. The van der Waals surface area contributed by atoms with Gasteiger partial charge in [0.05, 0.1) is 6.54 Å². The number of carbonyl (C=O) groups excluding carboxylic acids is 1. The number of aliphatic imine (C=N–C) groups is 1. The lowest BCUT2D eigenvalue weighted by atomic mass is 10.0. The minimum Gasteiger partial charge on any atom is -0.348 e. The maximum atomic E-state index is 13.5. The second-order valence-electron chi connectivity index (χ2n) is 8.11. The van der Waals surface area contributed by atoms with Crippen LogP contribution in [0.3, 0.4) is 0 Å². The molecular weight excluding hydrogens is 452 g/mol. The van der Waals surface area contributed by atoms with E-state index in [1.54, 1.807) is 6.07 Å². The Morgan fingerprint density at radius 3 is 2.77 bits per heavy atom. The average Bonchev–Trinajstić information content (AvgIpc) is 3.34. The van der Waals surface area contributed by atoms with Gasteiger partial charge in [0.2, 0.25) is 0 Å². The van der Waals surface area contributed by atoms with Crippen molar-refractivity contribution in [2.75, 3.05) is 6.67 Å². The SMILES string of the molecule is O=C(NCc1cccc(C2=CN3NCN=C3C=C2)c1)c1cccn(Cc2ccc(F)c(F)c2)c1=O. The average molecular weight is 473 g/mol. The molecule has 3 heterocycles. The van der Waals surface area contributed by atoms with Crippen molar-refractivity contribution in [1.82, 2.24) is 20.3 Å². The molecule has 176 valence electrons. The van der Waals surface area contributed by atoms with Crippen LogP contribution in [-0.4, -0.2) is 28.0 Å². The largest absolute Gasteiger partial charge is 0.348 e. The Morgan fingerprint density at radius 2 is 1.91 bits per heavy atom. The fourth-order valence-corrected chi connectivity index (χ4v) is 3.92. The van der Waals surface area contributed by atoms with Gasteiger partial charge in [0.15, 0.2) is 11.6 Å². The molecule has 1 amide bonds. The predicted molar refractivity (Wildman–Crippen MR) is 128 cm³/mol. The Kier molecular flexibility index (Phi) is 6.07. The predicted octanol–water partition coefficient (Wildman–Crippen LogP) is 3.19. The lowest BCUT2D eigenvalue weighted by Crippen LogP contribution is -2.32. The van der Waals surface area contributed by atoms with E-state index < -0.39 is 23.1 Å². The molecule has 5 rings (SSSR count). The third kappa shape index (κ3) is 4.80. The Morgan fingerprint density at radius 1 is 1.03 bits per heavy atom. The van der Waals surface area contributed by atoms with Gasteiger partial charge in [-0.2, -0.15) is 0 Å². The minimum atomic E-state index is -0.989. The lowest BCUT2D eigenvalue weighted by molar-refractivity contribution is 0.0948. The van der Waals surface area contributed by atoms with Gasteiger partial charge in [-0.15, -0.1) is 0 Å². The molecule has 1 aromatic heterocycles. The molecule has 2 aliphatic rings. The van der Waals surface area contributed by atoms with Crippen molar-refractivity contribution in [2.45, 2.75) is 13.1 Å². The van der Waals surface area contributed by atoms with E-state index in [-0.39, 0.29) is 18.7 Å². The van der Waals surface area contributed by atoms with E-state index in [1.165, 1.54) is 22.9 Å². The summed E-state index contributed by atoms with van der Waals surface area (Å²) in [5.41, 5.74) is 5.85. The normalized spacial score (nSPS) is 14.4. The molecule has 0 radical (unpaired) electrons. The van der Waals surface area contributed by atoms with E-state index in [0.29, 0.717) is 12.2 Å². The quantitative estimate of drug-likeness (QED) is 0.577. The number of allylic oxidation sites excluding steroid dienone is 2. The van der Waals surface area contributed by atoms with Crippen LogP contribution in [0.4, 0.5) is 8.78 Å². The number of hydrogen-bond acceptors (Lipinski definition) is 5. The van der Waals surface area contributed by atoms with Crippen LogP contribution in [0.2, 0.25) is 0 Å². The lowest BCUT2D eigenvalue weighted by Gasteiger charge is -2.19. The van der Waals surface area contributed by atoms with E-state index in [2.05, 4.69) is 15.7 Å². The number of amidine groups is 1. The van der Waals surface area contributed by atoms with Crippen LogP contribution in [0.15, 0.2) is 88.9 Å². The summed E-state index contributed by atoms with van der Waals surface area (Å²) in [5.74, 6) is -1.61. The second-order valence-corrected chi connectivity index (χ2v) is 8.11. The Balaban J connectivity index is 1.28. The molecule has 9 heteroatoms. The zero-order valence-electron chi connectivity index (χ0n) is 18.5. The molecule has 0 aliphatic carbocycles. The Bertz CT molecular complexity index is 1460. The summed E-state index contributed by atoms with van der Waals surface area (Å²) in [6.45, 7) is 0.785. The number of pyridine rings is 1. The first kappa shape index (κ1) is 22.4. The van der Waals surface area contributed by atoms with Crippen molar-refractivity contribution in [2.24, 2.45) is 4.99 Å². The van der Waals surface area contributed by atoms with Gasteiger partial charge in [-0.25, -0.2) is 19.2 Å². The summed E-state index contributed by atoms with van der Waals surface area (Å²) >= 11 is 0. The third-order valence-corrected chi connectivity index (χ3v) is 5.72. The highest BCUT2D eigenvalue weighted by molar-refractivity contribution is 6.00. The van der Waals surface area contributed by atoms with Crippen molar-refractivity contribution in [3.05, 3.63) is 123 Å². The van der Waals surface area contributed by atoms with Gasteiger partial charge in [-0.05, 0) is 64.7 Å².